The topological polar surface area (TPSA) is 111 Å². The lowest BCUT2D eigenvalue weighted by Crippen LogP contribution is -2.22. The van der Waals surface area contributed by atoms with E-state index in [4.69, 9.17) is 0 Å². The van der Waals surface area contributed by atoms with Gasteiger partial charge in [0.05, 0.1) is 14.2 Å². The van der Waals surface area contributed by atoms with Gasteiger partial charge in [0.2, 0.25) is 11.8 Å². The summed E-state index contributed by atoms with van der Waals surface area (Å²) < 4.78 is 8.68. The summed E-state index contributed by atoms with van der Waals surface area (Å²) in [6, 6.07) is 0. The third-order valence-electron chi connectivity index (χ3n) is 3.30. The van der Waals surface area contributed by atoms with Crippen molar-refractivity contribution in [1.82, 2.24) is 10.6 Å². The number of esters is 2. The minimum atomic E-state index is -0.520. The van der Waals surface area contributed by atoms with E-state index < -0.39 is 11.9 Å². The first-order valence-electron chi connectivity index (χ1n) is 10.9. The molecule has 0 spiro atoms. The maximum absolute atomic E-state index is 11.0. The van der Waals surface area contributed by atoms with E-state index in [9.17, 15) is 19.2 Å². The summed E-state index contributed by atoms with van der Waals surface area (Å²) in [5.41, 5.74) is 0. The zero-order chi connectivity index (χ0) is 24.3. The van der Waals surface area contributed by atoms with Crippen molar-refractivity contribution in [3.05, 3.63) is 24.3 Å². The van der Waals surface area contributed by atoms with Crippen molar-refractivity contribution in [3.63, 3.8) is 0 Å². The van der Waals surface area contributed by atoms with Crippen LogP contribution in [0.1, 0.15) is 72.6 Å². The summed E-state index contributed by atoms with van der Waals surface area (Å²) in [5, 5.41) is 5.33. The van der Waals surface area contributed by atoms with Crippen LogP contribution in [0.2, 0.25) is 0 Å². The summed E-state index contributed by atoms with van der Waals surface area (Å²) in [5.74, 6) is -1.56. The molecular formula is C23H42N2O6. The number of rotatable bonds is 12. The van der Waals surface area contributed by atoms with E-state index >= 15 is 0 Å². The predicted molar refractivity (Wildman–Crippen MR) is 123 cm³/mol. The lowest BCUT2D eigenvalue weighted by molar-refractivity contribution is -0.135. The van der Waals surface area contributed by atoms with Crippen LogP contribution in [0.15, 0.2) is 24.3 Å². The van der Waals surface area contributed by atoms with Gasteiger partial charge in [-0.15, -0.1) is 0 Å². The number of nitrogens with one attached hydrogen (secondary N) is 2. The second-order valence-corrected chi connectivity index (χ2v) is 6.42. The van der Waals surface area contributed by atoms with Crippen LogP contribution < -0.4 is 10.6 Å². The number of ether oxygens (including phenoxy) is 2. The Kier molecular flexibility index (Phi) is 29.1. The van der Waals surface area contributed by atoms with Crippen molar-refractivity contribution in [2.24, 2.45) is 0 Å². The van der Waals surface area contributed by atoms with Crippen molar-refractivity contribution in [3.8, 4) is 0 Å². The molecular weight excluding hydrogens is 400 g/mol. The van der Waals surface area contributed by atoms with Crippen LogP contribution in [-0.4, -0.2) is 51.1 Å². The average Bonchev–Trinajstić information content (AvgIpc) is 2.77. The number of amides is 2. The third-order valence-corrected chi connectivity index (χ3v) is 3.30. The smallest absolute Gasteiger partial charge is 0.330 e. The van der Waals surface area contributed by atoms with Crippen LogP contribution in [0.25, 0.3) is 0 Å². The Morgan fingerprint density at radius 1 is 0.613 bits per heavy atom. The highest BCUT2D eigenvalue weighted by atomic mass is 16.5. The van der Waals surface area contributed by atoms with E-state index in [1.54, 1.807) is 0 Å². The van der Waals surface area contributed by atoms with Gasteiger partial charge < -0.3 is 20.1 Å². The second-order valence-electron chi connectivity index (χ2n) is 6.42. The third kappa shape index (κ3) is 32.2. The van der Waals surface area contributed by atoms with Crippen molar-refractivity contribution >= 4 is 23.8 Å². The number of unbranched alkanes of at least 4 members (excludes halogenated alkanes) is 4. The first kappa shape index (κ1) is 33.0. The Morgan fingerprint density at radius 3 is 1.19 bits per heavy atom. The molecule has 0 heterocycles. The Morgan fingerprint density at radius 2 is 0.935 bits per heavy atom. The molecule has 0 saturated carbocycles. The van der Waals surface area contributed by atoms with E-state index in [1.165, 1.54) is 32.8 Å². The standard InChI is InChI=1S/2C10H17NO3.C3H8/c2*1-3-4-5-8-11-9(12)6-7-10(13)14-2;1-3-2/h2*6-7H,3-5,8H2,1-2H3,(H,11,12);3H2,1-2H3/b7-6+;7-6-;. The molecule has 0 rings (SSSR count). The average molecular weight is 443 g/mol. The second kappa shape index (κ2) is 27.4. The SMILES string of the molecule is CCC.CCCCCNC(=O)/C=C/C(=O)OC.CCCCCNC(=O)/C=C\C(=O)OC. The summed E-state index contributed by atoms with van der Waals surface area (Å²) >= 11 is 0. The predicted octanol–water partition coefficient (Wildman–Crippen LogP) is 3.46. The van der Waals surface area contributed by atoms with Crippen molar-refractivity contribution in [2.45, 2.75) is 72.6 Å². The molecule has 0 radical (unpaired) electrons. The molecule has 0 fully saturated rings. The lowest BCUT2D eigenvalue weighted by atomic mass is 10.2. The Hall–Kier alpha value is -2.64. The fourth-order valence-electron chi connectivity index (χ4n) is 1.71. The molecule has 0 aliphatic heterocycles. The highest BCUT2D eigenvalue weighted by molar-refractivity contribution is 5.95. The maximum Gasteiger partial charge on any atom is 0.330 e. The molecule has 0 aromatic heterocycles. The lowest BCUT2D eigenvalue weighted by Gasteiger charge is -1.99. The molecule has 0 atom stereocenters. The minimum Gasteiger partial charge on any atom is -0.466 e. The Balaban J connectivity index is -0.000000448. The highest BCUT2D eigenvalue weighted by Gasteiger charge is 1.97. The van der Waals surface area contributed by atoms with E-state index in [2.05, 4.69) is 47.8 Å². The molecule has 2 amide bonds. The van der Waals surface area contributed by atoms with Gasteiger partial charge in [0.15, 0.2) is 0 Å². The maximum atomic E-state index is 11.0. The van der Waals surface area contributed by atoms with E-state index in [0.29, 0.717) is 13.1 Å². The largest absolute Gasteiger partial charge is 0.466 e. The number of carbonyl (C=O) groups is 4. The van der Waals surface area contributed by atoms with Crippen LogP contribution in [0.5, 0.6) is 0 Å². The van der Waals surface area contributed by atoms with E-state index in [-0.39, 0.29) is 11.8 Å². The molecule has 0 aliphatic carbocycles. The fourth-order valence-corrected chi connectivity index (χ4v) is 1.71. The van der Waals surface area contributed by atoms with E-state index in [1.807, 2.05) is 0 Å². The molecule has 0 aromatic carbocycles. The molecule has 180 valence electrons. The molecule has 0 saturated heterocycles. The first-order chi connectivity index (χ1) is 14.8. The highest BCUT2D eigenvalue weighted by Crippen LogP contribution is 1.91. The zero-order valence-electron chi connectivity index (χ0n) is 20.1. The number of hydrogen-bond acceptors (Lipinski definition) is 6. The van der Waals surface area contributed by atoms with Gasteiger partial charge in [0.1, 0.15) is 0 Å². The molecule has 31 heavy (non-hydrogen) atoms. The monoisotopic (exact) mass is 442 g/mol. The van der Waals surface area contributed by atoms with Crippen molar-refractivity contribution in [2.75, 3.05) is 27.3 Å². The van der Waals surface area contributed by atoms with Gasteiger partial charge in [0, 0.05) is 37.4 Å². The first-order valence-corrected chi connectivity index (χ1v) is 10.9. The van der Waals surface area contributed by atoms with Gasteiger partial charge in [-0.05, 0) is 12.8 Å². The molecule has 0 unspecified atom stereocenters. The van der Waals surface area contributed by atoms with Crippen LogP contribution in [0.3, 0.4) is 0 Å². The van der Waals surface area contributed by atoms with Crippen LogP contribution >= 0.6 is 0 Å². The van der Waals surface area contributed by atoms with Crippen LogP contribution in [-0.2, 0) is 28.7 Å². The summed E-state index contributed by atoms with van der Waals surface area (Å²) in [7, 11) is 2.54. The Labute approximate surface area is 187 Å². The normalized spacial score (nSPS) is 9.74. The fraction of sp³-hybridized carbons (Fsp3) is 0.652. The van der Waals surface area contributed by atoms with Gasteiger partial charge in [-0.25, -0.2) is 9.59 Å². The minimum absolute atomic E-state index is 0.258. The van der Waals surface area contributed by atoms with Gasteiger partial charge in [0.25, 0.3) is 0 Å². The quantitative estimate of drug-likeness (QED) is 0.272. The molecule has 8 heteroatoms. The molecule has 0 bridgehead atoms. The van der Waals surface area contributed by atoms with Crippen LogP contribution in [0.4, 0.5) is 0 Å². The number of carbonyl (C=O) groups excluding carboxylic acids is 4. The van der Waals surface area contributed by atoms with Gasteiger partial charge in [-0.1, -0.05) is 59.8 Å². The summed E-state index contributed by atoms with van der Waals surface area (Å²) in [6.45, 7) is 9.74. The van der Waals surface area contributed by atoms with E-state index in [0.717, 1.165) is 50.7 Å². The van der Waals surface area contributed by atoms with Gasteiger partial charge in [-0.2, -0.15) is 0 Å². The van der Waals surface area contributed by atoms with Crippen LogP contribution in [0, 0.1) is 0 Å². The van der Waals surface area contributed by atoms with Gasteiger partial charge >= 0.3 is 11.9 Å². The van der Waals surface area contributed by atoms with Crippen molar-refractivity contribution in [1.29, 1.82) is 0 Å². The van der Waals surface area contributed by atoms with Crippen molar-refractivity contribution < 1.29 is 28.7 Å². The summed E-state index contributed by atoms with van der Waals surface area (Å²) in [6.07, 6.45) is 12.2. The molecule has 8 nitrogen and oxygen atoms in total. The molecule has 0 aliphatic rings. The molecule has 2 N–H and O–H groups in total. The zero-order valence-corrected chi connectivity index (χ0v) is 20.1. The number of hydrogen-bond donors (Lipinski definition) is 2. The molecule has 0 aromatic rings. The summed E-state index contributed by atoms with van der Waals surface area (Å²) in [4.78, 5) is 43.2. The number of methoxy groups -OCH3 is 2. The van der Waals surface area contributed by atoms with Gasteiger partial charge in [-0.3, -0.25) is 9.59 Å². The Bertz CT molecular complexity index is 484.